The maximum Gasteiger partial charge on any atom is 0.168 e. The number of hydrogen-bond donors (Lipinski definition) is 0. The molecule has 2 aromatic heterocycles. The first-order valence-electron chi connectivity index (χ1n) is 4.33. The van der Waals surface area contributed by atoms with Crippen molar-refractivity contribution < 1.29 is 4.98 Å². The van der Waals surface area contributed by atoms with Gasteiger partial charge in [0.25, 0.3) is 0 Å². The molecular weight excluding hydrogens is 172 g/mol. The average Bonchev–Trinajstić information content (AvgIpc) is 2.29. The molecule has 0 spiro atoms. The number of pyridine rings is 2. The third-order valence-corrected chi connectivity index (χ3v) is 1.75. The van der Waals surface area contributed by atoms with Crippen molar-refractivity contribution in [2.45, 2.75) is 0 Å². The maximum absolute atomic E-state index is 3.93. The predicted octanol–water partition coefficient (Wildman–Crippen LogP) is 1.30. The highest BCUT2D eigenvalue weighted by molar-refractivity contribution is 5.40. The molecule has 0 aliphatic heterocycles. The molecule has 2 nitrogen and oxygen atoms in total. The van der Waals surface area contributed by atoms with Gasteiger partial charge in [-0.25, -0.2) is 4.98 Å². The van der Waals surface area contributed by atoms with Crippen LogP contribution in [0.15, 0.2) is 49.1 Å². The number of H-pyrrole nitrogens is 1. The molecule has 0 aromatic carbocycles. The van der Waals surface area contributed by atoms with Crippen LogP contribution in [-0.2, 0) is 0 Å². The number of nitrogens with zero attached hydrogens (tertiary/aromatic N) is 1. The van der Waals surface area contributed by atoms with Gasteiger partial charge in [0.05, 0.1) is 0 Å². The highest BCUT2D eigenvalue weighted by Gasteiger charge is 1.86. The van der Waals surface area contributed by atoms with Crippen LogP contribution in [0, 0.1) is 11.8 Å². The van der Waals surface area contributed by atoms with E-state index in [-0.39, 0.29) is 0 Å². The normalized spacial score (nSPS) is 8.86. The van der Waals surface area contributed by atoms with Crippen LogP contribution >= 0.6 is 0 Å². The first-order chi connectivity index (χ1) is 6.95. The van der Waals surface area contributed by atoms with Gasteiger partial charge in [-0.3, -0.25) is 4.98 Å². The van der Waals surface area contributed by atoms with Crippen LogP contribution in [0.3, 0.4) is 0 Å². The Kier molecular flexibility index (Phi) is 2.54. The molecule has 0 unspecified atom stereocenters. The van der Waals surface area contributed by atoms with E-state index in [1.165, 1.54) is 0 Å². The van der Waals surface area contributed by atoms with Crippen molar-refractivity contribution in [1.29, 1.82) is 0 Å². The molecule has 2 heterocycles. The molecule has 0 radical (unpaired) electrons. The number of hydrogen-bond acceptors (Lipinski definition) is 1. The van der Waals surface area contributed by atoms with Crippen molar-refractivity contribution in [3.8, 4) is 11.8 Å². The zero-order valence-corrected chi connectivity index (χ0v) is 7.57. The first-order valence-corrected chi connectivity index (χ1v) is 4.33. The molecule has 2 aromatic rings. The Labute approximate surface area is 82.7 Å². The third kappa shape index (κ3) is 2.18. The van der Waals surface area contributed by atoms with Crippen LogP contribution in [0.1, 0.15) is 11.1 Å². The Morgan fingerprint density at radius 2 is 1.43 bits per heavy atom. The fourth-order valence-corrected chi connectivity index (χ4v) is 1.05. The highest BCUT2D eigenvalue weighted by Crippen LogP contribution is 1.95. The molecule has 0 bridgehead atoms. The van der Waals surface area contributed by atoms with Crippen molar-refractivity contribution in [3.63, 3.8) is 0 Å². The van der Waals surface area contributed by atoms with Crippen molar-refractivity contribution in [3.05, 3.63) is 60.2 Å². The summed E-state index contributed by atoms with van der Waals surface area (Å²) in [5.74, 6) is 6.12. The molecule has 0 atom stereocenters. The van der Waals surface area contributed by atoms with Crippen LogP contribution in [0.25, 0.3) is 0 Å². The minimum Gasteiger partial charge on any atom is -0.265 e. The number of nitrogens with one attached hydrogen (secondary N) is 1. The Morgan fingerprint density at radius 3 is 2.07 bits per heavy atom. The topological polar surface area (TPSA) is 27.0 Å². The van der Waals surface area contributed by atoms with Gasteiger partial charge in [0.1, 0.15) is 0 Å². The van der Waals surface area contributed by atoms with Crippen molar-refractivity contribution in [1.82, 2.24) is 4.98 Å². The molecule has 2 heteroatoms. The summed E-state index contributed by atoms with van der Waals surface area (Å²) in [6.07, 6.45) is 7.19. The van der Waals surface area contributed by atoms with Gasteiger partial charge in [0.15, 0.2) is 12.4 Å². The van der Waals surface area contributed by atoms with E-state index in [0.717, 1.165) is 11.1 Å². The standard InChI is InChI=1S/C12H8N2/c1(11-3-7-13-8-4-11)2-12-5-9-14-10-6-12/h3-10H/p+1. The van der Waals surface area contributed by atoms with Crippen LogP contribution in [0.2, 0.25) is 0 Å². The molecule has 0 aliphatic rings. The van der Waals surface area contributed by atoms with Gasteiger partial charge in [0, 0.05) is 35.7 Å². The molecule has 66 valence electrons. The quantitative estimate of drug-likeness (QED) is 0.563. The summed E-state index contributed by atoms with van der Waals surface area (Å²) in [4.78, 5) is 6.88. The van der Waals surface area contributed by atoms with Crippen molar-refractivity contribution >= 4 is 0 Å². The minimum atomic E-state index is 0.979. The second-order valence-corrected chi connectivity index (χ2v) is 2.77. The monoisotopic (exact) mass is 181 g/mol. The molecular formula is C12H9N2+. The summed E-state index contributed by atoms with van der Waals surface area (Å²) in [6, 6.07) is 7.66. The van der Waals surface area contributed by atoms with Crippen LogP contribution in [0.4, 0.5) is 0 Å². The number of aromatic nitrogens is 2. The largest absolute Gasteiger partial charge is 0.265 e. The molecule has 14 heavy (non-hydrogen) atoms. The first kappa shape index (κ1) is 8.46. The Hall–Kier alpha value is -2.14. The summed E-state index contributed by atoms with van der Waals surface area (Å²) >= 11 is 0. The Balaban J connectivity index is 2.24. The van der Waals surface area contributed by atoms with E-state index in [2.05, 4.69) is 21.8 Å². The van der Waals surface area contributed by atoms with Gasteiger partial charge < -0.3 is 0 Å². The average molecular weight is 181 g/mol. The van der Waals surface area contributed by atoms with Gasteiger partial charge in [-0.15, -0.1) is 0 Å². The Bertz CT molecular complexity index is 408. The van der Waals surface area contributed by atoms with E-state index in [1.54, 1.807) is 12.4 Å². The molecule has 0 saturated carbocycles. The van der Waals surface area contributed by atoms with Gasteiger partial charge in [0.2, 0.25) is 0 Å². The lowest BCUT2D eigenvalue weighted by atomic mass is 10.2. The fraction of sp³-hybridized carbons (Fsp3) is 0. The summed E-state index contributed by atoms with van der Waals surface area (Å²) in [7, 11) is 0. The summed E-state index contributed by atoms with van der Waals surface area (Å²) in [6.45, 7) is 0. The smallest absolute Gasteiger partial charge is 0.168 e. The van der Waals surface area contributed by atoms with Crippen LogP contribution < -0.4 is 4.98 Å². The van der Waals surface area contributed by atoms with Crippen molar-refractivity contribution in [2.24, 2.45) is 0 Å². The summed E-state index contributed by atoms with van der Waals surface area (Å²) in [5.41, 5.74) is 1.98. The lowest BCUT2D eigenvalue weighted by molar-refractivity contribution is -0.378. The van der Waals surface area contributed by atoms with Gasteiger partial charge in [-0.05, 0) is 12.1 Å². The second kappa shape index (κ2) is 4.20. The molecule has 0 aliphatic carbocycles. The maximum atomic E-state index is 3.93. The minimum absolute atomic E-state index is 0.979. The SMILES string of the molecule is C(#Cc1cc[nH+]cc1)c1ccncc1. The number of aromatic amines is 1. The second-order valence-electron chi connectivity index (χ2n) is 2.77. The Morgan fingerprint density at radius 1 is 0.857 bits per heavy atom. The summed E-state index contributed by atoms with van der Waals surface area (Å²) < 4.78 is 0. The van der Waals surface area contributed by atoms with E-state index in [0.29, 0.717) is 0 Å². The van der Waals surface area contributed by atoms with E-state index in [4.69, 9.17) is 0 Å². The number of rotatable bonds is 0. The van der Waals surface area contributed by atoms with Crippen LogP contribution in [-0.4, -0.2) is 4.98 Å². The van der Waals surface area contributed by atoms with Gasteiger partial charge in [-0.2, -0.15) is 0 Å². The van der Waals surface area contributed by atoms with E-state index in [9.17, 15) is 0 Å². The predicted molar refractivity (Wildman–Crippen MR) is 53.2 cm³/mol. The lowest BCUT2D eigenvalue weighted by Crippen LogP contribution is -1.96. The van der Waals surface area contributed by atoms with E-state index < -0.39 is 0 Å². The fourth-order valence-electron chi connectivity index (χ4n) is 1.05. The molecule has 2 rings (SSSR count). The third-order valence-electron chi connectivity index (χ3n) is 1.75. The van der Waals surface area contributed by atoms with Crippen molar-refractivity contribution in [2.75, 3.05) is 0 Å². The van der Waals surface area contributed by atoms with E-state index >= 15 is 0 Å². The molecule has 0 fully saturated rings. The molecule has 0 amide bonds. The van der Waals surface area contributed by atoms with Gasteiger partial charge >= 0.3 is 0 Å². The lowest BCUT2D eigenvalue weighted by Gasteiger charge is -1.86. The van der Waals surface area contributed by atoms with Crippen LogP contribution in [0.5, 0.6) is 0 Å². The molecule has 1 N–H and O–H groups in total. The molecule has 0 saturated heterocycles. The van der Waals surface area contributed by atoms with E-state index in [1.807, 2.05) is 36.7 Å². The zero-order valence-electron chi connectivity index (χ0n) is 7.57. The summed E-state index contributed by atoms with van der Waals surface area (Å²) in [5, 5.41) is 0. The van der Waals surface area contributed by atoms with Gasteiger partial charge in [-0.1, -0.05) is 11.8 Å². The zero-order chi connectivity index (χ0) is 9.64. The highest BCUT2D eigenvalue weighted by atomic mass is 14.6.